The van der Waals surface area contributed by atoms with Crippen LogP contribution in [0, 0.1) is 0 Å². The summed E-state index contributed by atoms with van der Waals surface area (Å²) in [6.45, 7) is 3.66. The molecule has 0 saturated carbocycles. The van der Waals surface area contributed by atoms with Crippen molar-refractivity contribution in [3.63, 3.8) is 0 Å². The third-order valence-corrected chi connectivity index (χ3v) is 7.39. The van der Waals surface area contributed by atoms with E-state index in [1.165, 1.54) is 7.11 Å². The minimum Gasteiger partial charge on any atom is -0.484 e. The highest BCUT2D eigenvalue weighted by molar-refractivity contribution is 6.06. The summed E-state index contributed by atoms with van der Waals surface area (Å²) in [4.78, 5) is 29.2. The molecule has 0 spiro atoms. The lowest BCUT2D eigenvalue weighted by Crippen LogP contribution is -2.52. The first kappa shape index (κ1) is 25.4. The predicted molar refractivity (Wildman–Crippen MR) is 137 cm³/mol. The quantitative estimate of drug-likeness (QED) is 0.551. The van der Waals surface area contributed by atoms with Crippen LogP contribution in [0.15, 0.2) is 71.8 Å². The van der Waals surface area contributed by atoms with Gasteiger partial charge in [0.2, 0.25) is 5.79 Å². The van der Waals surface area contributed by atoms with Crippen LogP contribution in [-0.4, -0.2) is 74.2 Å². The molecule has 2 saturated heterocycles. The van der Waals surface area contributed by atoms with Crippen molar-refractivity contribution in [2.24, 2.45) is 0 Å². The molecule has 2 aromatic rings. The SMILES string of the molecule is COC(=O)C1=C(C(=O)NC2CCN(C)CC2)C2OC1(C(Cc1ccccc1)Oc1ccccc1)OC2C. The number of rotatable bonds is 8. The number of piperidine rings is 1. The molecule has 8 heteroatoms. The van der Waals surface area contributed by atoms with Crippen molar-refractivity contribution in [1.29, 1.82) is 0 Å². The topological polar surface area (TPSA) is 86.3 Å². The molecule has 0 aliphatic carbocycles. The Morgan fingerprint density at radius 1 is 1.05 bits per heavy atom. The number of amides is 1. The number of carbonyl (C=O) groups excluding carboxylic acids is 2. The number of carbonyl (C=O) groups is 2. The van der Waals surface area contributed by atoms with E-state index in [2.05, 4.69) is 17.3 Å². The fourth-order valence-corrected chi connectivity index (χ4v) is 5.46. The van der Waals surface area contributed by atoms with Crippen LogP contribution in [0.3, 0.4) is 0 Å². The first-order valence-corrected chi connectivity index (χ1v) is 12.8. The maximum absolute atomic E-state index is 13.7. The van der Waals surface area contributed by atoms with Gasteiger partial charge in [-0.15, -0.1) is 0 Å². The van der Waals surface area contributed by atoms with Crippen LogP contribution >= 0.6 is 0 Å². The molecule has 2 fully saturated rings. The summed E-state index contributed by atoms with van der Waals surface area (Å²) in [6, 6.07) is 19.2. The van der Waals surface area contributed by atoms with E-state index in [0.29, 0.717) is 12.2 Å². The predicted octanol–water partition coefficient (Wildman–Crippen LogP) is 2.87. The van der Waals surface area contributed by atoms with E-state index in [1.807, 2.05) is 67.6 Å². The van der Waals surface area contributed by atoms with Gasteiger partial charge in [0.1, 0.15) is 17.4 Å². The van der Waals surface area contributed by atoms with Crippen molar-refractivity contribution >= 4 is 11.9 Å². The minimum absolute atomic E-state index is 0.0297. The van der Waals surface area contributed by atoms with Gasteiger partial charge in [-0.1, -0.05) is 48.5 Å². The lowest BCUT2D eigenvalue weighted by molar-refractivity contribution is -0.195. The summed E-state index contributed by atoms with van der Waals surface area (Å²) < 4.78 is 24.5. The van der Waals surface area contributed by atoms with Gasteiger partial charge in [0, 0.05) is 12.5 Å². The Morgan fingerprint density at radius 2 is 1.70 bits per heavy atom. The van der Waals surface area contributed by atoms with Crippen LogP contribution in [-0.2, 0) is 30.2 Å². The van der Waals surface area contributed by atoms with E-state index in [9.17, 15) is 9.59 Å². The van der Waals surface area contributed by atoms with E-state index >= 15 is 0 Å². The number of benzene rings is 2. The molecule has 1 N–H and O–H groups in total. The third kappa shape index (κ3) is 5.01. The van der Waals surface area contributed by atoms with Crippen molar-refractivity contribution in [2.75, 3.05) is 27.2 Å². The second-order valence-corrected chi connectivity index (χ2v) is 9.97. The fraction of sp³-hybridized carbons (Fsp3) is 0.448. The Bertz CT molecular complexity index is 1100. The summed E-state index contributed by atoms with van der Waals surface area (Å²) >= 11 is 0. The van der Waals surface area contributed by atoms with E-state index in [4.69, 9.17) is 18.9 Å². The lowest BCUT2D eigenvalue weighted by Gasteiger charge is -2.36. The van der Waals surface area contributed by atoms with Gasteiger partial charge in [0.15, 0.2) is 6.10 Å². The number of methoxy groups -OCH3 is 1. The van der Waals surface area contributed by atoms with Gasteiger partial charge in [0.25, 0.3) is 5.91 Å². The van der Waals surface area contributed by atoms with Crippen molar-refractivity contribution in [2.45, 2.75) is 56.3 Å². The van der Waals surface area contributed by atoms with Crippen LogP contribution in [0.1, 0.15) is 25.3 Å². The van der Waals surface area contributed by atoms with Crippen LogP contribution in [0.5, 0.6) is 5.75 Å². The van der Waals surface area contributed by atoms with Gasteiger partial charge in [-0.05, 0) is 57.6 Å². The smallest absolute Gasteiger partial charge is 0.339 e. The number of hydrogen-bond acceptors (Lipinski definition) is 7. The van der Waals surface area contributed by atoms with Gasteiger partial charge in [-0.25, -0.2) is 4.79 Å². The molecule has 196 valence electrons. The molecule has 3 aliphatic rings. The van der Waals surface area contributed by atoms with Gasteiger partial charge >= 0.3 is 5.97 Å². The molecule has 4 unspecified atom stereocenters. The number of nitrogens with zero attached hydrogens (tertiary/aromatic N) is 1. The summed E-state index contributed by atoms with van der Waals surface area (Å²) in [5.41, 5.74) is 1.34. The molecule has 4 atom stereocenters. The molecule has 1 amide bonds. The zero-order valence-electron chi connectivity index (χ0n) is 21.5. The van der Waals surface area contributed by atoms with Gasteiger partial charge in [-0.3, -0.25) is 4.79 Å². The fourth-order valence-electron chi connectivity index (χ4n) is 5.46. The number of hydrogen-bond donors (Lipinski definition) is 1. The molecule has 0 aromatic heterocycles. The zero-order chi connectivity index (χ0) is 26.0. The van der Waals surface area contributed by atoms with E-state index in [0.717, 1.165) is 31.5 Å². The standard InChI is InChI=1S/C29H34N2O6/c1-19-26-24(27(32)30-21-14-16-31(2)17-15-21)25(28(33)34-3)29(36-19,37-26)23(18-20-10-6-4-7-11-20)35-22-12-8-5-9-13-22/h4-13,19,21,23,26H,14-18H2,1-3H3,(H,30,32). The normalized spacial score (nSPS) is 26.7. The second kappa shape index (κ2) is 10.7. The average Bonchev–Trinajstić information content (AvgIpc) is 3.44. The van der Waals surface area contributed by atoms with Crippen LogP contribution in [0.25, 0.3) is 0 Å². The molecular weight excluding hydrogens is 472 g/mol. The maximum atomic E-state index is 13.7. The Hall–Kier alpha value is -3.20. The third-order valence-electron chi connectivity index (χ3n) is 7.39. The monoisotopic (exact) mass is 506 g/mol. The highest BCUT2D eigenvalue weighted by Gasteiger charge is 2.66. The van der Waals surface area contributed by atoms with E-state index in [-0.39, 0.29) is 23.1 Å². The number of para-hydroxylation sites is 1. The Morgan fingerprint density at radius 3 is 2.35 bits per heavy atom. The molecular formula is C29H34N2O6. The summed E-state index contributed by atoms with van der Waals surface area (Å²) in [6.07, 6.45) is 0.160. The maximum Gasteiger partial charge on any atom is 0.339 e. The molecule has 3 aliphatic heterocycles. The van der Waals surface area contributed by atoms with E-state index in [1.54, 1.807) is 0 Å². The van der Waals surface area contributed by atoms with Gasteiger partial charge in [0.05, 0.1) is 18.8 Å². The summed E-state index contributed by atoms with van der Waals surface area (Å²) in [5.74, 6) is -1.95. The highest BCUT2D eigenvalue weighted by atomic mass is 16.8. The first-order valence-electron chi connectivity index (χ1n) is 12.8. The molecule has 8 nitrogen and oxygen atoms in total. The highest BCUT2D eigenvalue weighted by Crippen LogP contribution is 2.50. The van der Waals surface area contributed by atoms with Gasteiger partial charge in [-0.2, -0.15) is 0 Å². The zero-order valence-corrected chi connectivity index (χ0v) is 21.5. The Labute approximate surface area is 217 Å². The average molecular weight is 507 g/mol. The number of nitrogens with one attached hydrogen (secondary N) is 1. The van der Waals surface area contributed by atoms with E-state index < -0.39 is 30.1 Å². The molecule has 0 radical (unpaired) electrons. The lowest BCUT2D eigenvalue weighted by atomic mass is 9.88. The summed E-state index contributed by atoms with van der Waals surface area (Å²) in [7, 11) is 3.37. The van der Waals surface area contributed by atoms with Crippen molar-refractivity contribution in [3.05, 3.63) is 77.4 Å². The number of ether oxygens (including phenoxy) is 4. The molecule has 37 heavy (non-hydrogen) atoms. The number of likely N-dealkylation sites (tertiary alicyclic amines) is 1. The molecule has 2 aromatic carbocycles. The first-order chi connectivity index (χ1) is 17.9. The van der Waals surface area contributed by atoms with Crippen LogP contribution in [0.2, 0.25) is 0 Å². The van der Waals surface area contributed by atoms with Gasteiger partial charge < -0.3 is 29.2 Å². The second-order valence-electron chi connectivity index (χ2n) is 9.97. The minimum atomic E-state index is -1.59. The molecule has 5 rings (SSSR count). The summed E-state index contributed by atoms with van der Waals surface area (Å²) in [5, 5.41) is 3.14. The molecule has 3 heterocycles. The van der Waals surface area contributed by atoms with Crippen LogP contribution < -0.4 is 10.1 Å². The Kier molecular flexibility index (Phi) is 7.33. The van der Waals surface area contributed by atoms with Crippen molar-refractivity contribution in [1.82, 2.24) is 10.2 Å². The Balaban J connectivity index is 1.54. The number of fused-ring (bicyclic) bond motifs is 2. The molecule has 2 bridgehead atoms. The largest absolute Gasteiger partial charge is 0.484 e. The van der Waals surface area contributed by atoms with Crippen LogP contribution in [0.4, 0.5) is 0 Å². The van der Waals surface area contributed by atoms with Crippen molar-refractivity contribution < 1.29 is 28.5 Å². The van der Waals surface area contributed by atoms with Crippen molar-refractivity contribution in [3.8, 4) is 5.75 Å². The number of esters is 1.